The van der Waals surface area contributed by atoms with Gasteiger partial charge in [0.2, 0.25) is 0 Å². The van der Waals surface area contributed by atoms with Crippen LogP contribution in [0.5, 0.6) is 5.75 Å². The van der Waals surface area contributed by atoms with Crippen molar-refractivity contribution in [2.75, 3.05) is 39.5 Å². The molecule has 0 aromatic heterocycles. The Balaban J connectivity index is 1.77. The highest BCUT2D eigenvalue weighted by Gasteiger charge is 2.18. The lowest BCUT2D eigenvalue weighted by Gasteiger charge is -2.25. The Kier molecular flexibility index (Phi) is 5.19. The van der Waals surface area contributed by atoms with E-state index in [1.807, 2.05) is 26.0 Å². The summed E-state index contributed by atoms with van der Waals surface area (Å²) in [7, 11) is 0. The van der Waals surface area contributed by atoms with Gasteiger partial charge >= 0.3 is 0 Å². The molecule has 0 aliphatic carbocycles. The van der Waals surface area contributed by atoms with Crippen molar-refractivity contribution in [3.8, 4) is 5.75 Å². The lowest BCUT2D eigenvalue weighted by atomic mass is 10.1. The summed E-state index contributed by atoms with van der Waals surface area (Å²) in [5, 5.41) is 10.0. The van der Waals surface area contributed by atoms with E-state index in [0.717, 1.165) is 38.6 Å². The molecule has 1 atom stereocenters. The molecule has 1 aromatic rings. The molecule has 1 fully saturated rings. The fraction of sp³-hybridized carbons (Fsp3) is 0.600. The number of hydrogen-bond acceptors (Lipinski definition) is 3. The van der Waals surface area contributed by atoms with Gasteiger partial charge in [0.25, 0.3) is 0 Å². The van der Waals surface area contributed by atoms with Gasteiger partial charge in [0.05, 0.1) is 13.2 Å². The van der Waals surface area contributed by atoms with Crippen LogP contribution in [0.15, 0.2) is 18.2 Å². The number of benzene rings is 1. The molecule has 2 N–H and O–H groups in total. The number of rotatable bonds is 5. The Morgan fingerprint density at radius 3 is 2.47 bits per heavy atom. The minimum absolute atomic E-state index is 0.354. The van der Waals surface area contributed by atoms with E-state index in [9.17, 15) is 5.11 Å². The maximum atomic E-state index is 10.0. The topological polar surface area (TPSA) is 43.1 Å². The van der Waals surface area contributed by atoms with E-state index in [1.54, 1.807) is 0 Å². The Hall–Kier alpha value is -1.10. The van der Waals surface area contributed by atoms with Gasteiger partial charge in [0, 0.05) is 0 Å². The second-order valence-electron chi connectivity index (χ2n) is 5.35. The number of aryl methyl sites for hydroxylation is 2. The number of aliphatic hydroxyl groups excluding tert-OH is 1. The van der Waals surface area contributed by atoms with Crippen molar-refractivity contribution in [2.24, 2.45) is 0 Å². The van der Waals surface area contributed by atoms with Crippen molar-refractivity contribution >= 4 is 0 Å². The van der Waals surface area contributed by atoms with Crippen LogP contribution in [0, 0.1) is 13.8 Å². The fourth-order valence-electron chi connectivity index (χ4n) is 2.47. The summed E-state index contributed by atoms with van der Waals surface area (Å²) in [6.07, 6.45) is -0.422. The SMILES string of the molecule is Cc1cc(C)cc(OCC(O)C[NH+]2CCOCC2)c1. The van der Waals surface area contributed by atoms with Gasteiger partial charge in [-0.05, 0) is 37.1 Å². The third-order valence-corrected chi connectivity index (χ3v) is 3.36. The number of morpholine rings is 1. The van der Waals surface area contributed by atoms with Crippen LogP contribution in [0.3, 0.4) is 0 Å². The molecule has 0 bridgehead atoms. The second kappa shape index (κ2) is 6.89. The average Bonchev–Trinajstić information content (AvgIpc) is 2.36. The maximum absolute atomic E-state index is 10.0. The van der Waals surface area contributed by atoms with Gasteiger partial charge in [-0.2, -0.15) is 0 Å². The highest BCUT2D eigenvalue weighted by molar-refractivity contribution is 5.32. The van der Waals surface area contributed by atoms with Crippen LogP contribution in [0.4, 0.5) is 0 Å². The normalized spacial score (nSPS) is 18.3. The molecule has 2 rings (SSSR count). The van der Waals surface area contributed by atoms with Gasteiger partial charge in [0.1, 0.15) is 38.1 Å². The Morgan fingerprint density at radius 2 is 1.84 bits per heavy atom. The molecule has 4 heteroatoms. The predicted octanol–water partition coefficient (Wildman–Crippen LogP) is -0.0418. The van der Waals surface area contributed by atoms with Crippen LogP contribution in [0.25, 0.3) is 0 Å². The predicted molar refractivity (Wildman–Crippen MR) is 73.8 cm³/mol. The first-order valence-electron chi connectivity index (χ1n) is 6.94. The summed E-state index contributed by atoms with van der Waals surface area (Å²) in [6, 6.07) is 6.11. The zero-order valence-corrected chi connectivity index (χ0v) is 11.8. The van der Waals surface area contributed by atoms with Gasteiger partial charge in [0.15, 0.2) is 0 Å². The Morgan fingerprint density at radius 1 is 1.21 bits per heavy atom. The van der Waals surface area contributed by atoms with Crippen LogP contribution in [-0.4, -0.2) is 50.7 Å². The molecule has 1 unspecified atom stereocenters. The zero-order chi connectivity index (χ0) is 13.7. The maximum Gasteiger partial charge on any atom is 0.137 e. The van der Waals surface area contributed by atoms with Crippen LogP contribution in [-0.2, 0) is 4.74 Å². The molecule has 1 heterocycles. The highest BCUT2D eigenvalue weighted by Crippen LogP contribution is 2.16. The van der Waals surface area contributed by atoms with Crippen LogP contribution >= 0.6 is 0 Å². The first kappa shape index (κ1) is 14.3. The molecular weight excluding hydrogens is 242 g/mol. The molecule has 106 valence electrons. The third-order valence-electron chi connectivity index (χ3n) is 3.36. The van der Waals surface area contributed by atoms with Gasteiger partial charge in [-0.3, -0.25) is 0 Å². The van der Waals surface area contributed by atoms with E-state index in [1.165, 1.54) is 16.0 Å². The summed E-state index contributed by atoms with van der Waals surface area (Å²) >= 11 is 0. The van der Waals surface area contributed by atoms with E-state index in [0.29, 0.717) is 6.61 Å². The summed E-state index contributed by atoms with van der Waals surface area (Å²) in [6.45, 7) is 8.71. The van der Waals surface area contributed by atoms with E-state index in [-0.39, 0.29) is 0 Å². The molecule has 1 saturated heterocycles. The zero-order valence-electron chi connectivity index (χ0n) is 11.8. The van der Waals surface area contributed by atoms with E-state index >= 15 is 0 Å². The summed E-state index contributed by atoms with van der Waals surface area (Å²) in [5.74, 6) is 0.841. The monoisotopic (exact) mass is 266 g/mol. The van der Waals surface area contributed by atoms with Crippen molar-refractivity contribution < 1.29 is 19.5 Å². The van der Waals surface area contributed by atoms with Crippen LogP contribution in [0.2, 0.25) is 0 Å². The number of aliphatic hydroxyl groups is 1. The fourth-order valence-corrected chi connectivity index (χ4v) is 2.47. The van der Waals surface area contributed by atoms with Gasteiger partial charge in [-0.25, -0.2) is 0 Å². The van der Waals surface area contributed by atoms with Crippen molar-refractivity contribution in [1.82, 2.24) is 0 Å². The number of nitrogens with one attached hydrogen (secondary N) is 1. The lowest BCUT2D eigenvalue weighted by Crippen LogP contribution is -3.15. The molecule has 1 aromatic carbocycles. The standard InChI is InChI=1S/C15H23NO3/c1-12-7-13(2)9-15(8-12)19-11-14(17)10-16-3-5-18-6-4-16/h7-9,14,17H,3-6,10-11H2,1-2H3/p+1. The largest absolute Gasteiger partial charge is 0.491 e. The molecule has 0 radical (unpaired) electrons. The van der Waals surface area contributed by atoms with Crippen molar-refractivity contribution in [1.29, 1.82) is 0 Å². The van der Waals surface area contributed by atoms with Gasteiger partial charge < -0.3 is 19.5 Å². The first-order valence-corrected chi connectivity index (χ1v) is 6.94. The molecular formula is C15H24NO3+. The Labute approximate surface area is 114 Å². The highest BCUT2D eigenvalue weighted by atomic mass is 16.5. The minimum atomic E-state index is -0.422. The third kappa shape index (κ3) is 4.82. The smallest absolute Gasteiger partial charge is 0.137 e. The number of hydrogen-bond donors (Lipinski definition) is 2. The number of ether oxygens (including phenoxy) is 2. The van der Waals surface area contributed by atoms with E-state index in [2.05, 4.69) is 6.07 Å². The quantitative estimate of drug-likeness (QED) is 0.786. The van der Waals surface area contributed by atoms with Crippen LogP contribution < -0.4 is 9.64 Å². The Bertz CT molecular complexity index is 382. The van der Waals surface area contributed by atoms with Crippen molar-refractivity contribution in [2.45, 2.75) is 20.0 Å². The van der Waals surface area contributed by atoms with Gasteiger partial charge in [-0.15, -0.1) is 0 Å². The van der Waals surface area contributed by atoms with Gasteiger partial charge in [-0.1, -0.05) is 6.07 Å². The molecule has 0 saturated carbocycles. The molecule has 1 aliphatic heterocycles. The van der Waals surface area contributed by atoms with Crippen LogP contribution in [0.1, 0.15) is 11.1 Å². The average molecular weight is 266 g/mol. The summed E-state index contributed by atoms with van der Waals surface area (Å²) < 4.78 is 11.0. The molecule has 19 heavy (non-hydrogen) atoms. The molecule has 1 aliphatic rings. The summed E-state index contributed by atoms with van der Waals surface area (Å²) in [5.41, 5.74) is 2.37. The minimum Gasteiger partial charge on any atom is -0.491 e. The lowest BCUT2D eigenvalue weighted by molar-refractivity contribution is -0.911. The number of quaternary nitrogens is 1. The second-order valence-corrected chi connectivity index (χ2v) is 5.35. The summed E-state index contributed by atoms with van der Waals surface area (Å²) in [4.78, 5) is 1.39. The van der Waals surface area contributed by atoms with Crippen molar-refractivity contribution in [3.63, 3.8) is 0 Å². The van der Waals surface area contributed by atoms with E-state index in [4.69, 9.17) is 9.47 Å². The molecule has 4 nitrogen and oxygen atoms in total. The van der Waals surface area contributed by atoms with E-state index < -0.39 is 6.10 Å². The molecule has 0 spiro atoms. The van der Waals surface area contributed by atoms with Crippen molar-refractivity contribution in [3.05, 3.63) is 29.3 Å². The molecule has 0 amide bonds. The first-order chi connectivity index (χ1) is 9.13.